The average molecular weight is 365 g/mol. The van der Waals surface area contributed by atoms with Gasteiger partial charge in [-0.15, -0.1) is 0 Å². The zero-order valence-corrected chi connectivity index (χ0v) is 14.0. The van der Waals surface area contributed by atoms with Crippen molar-refractivity contribution in [2.45, 2.75) is 37.4 Å². The number of carboxylic acid groups (broad SMARTS) is 2. The second kappa shape index (κ2) is 11.6. The number of carbonyl (C=O) groups is 4. The van der Waals surface area contributed by atoms with Crippen LogP contribution in [0.2, 0.25) is 0 Å². The van der Waals surface area contributed by atoms with Gasteiger partial charge in [0.25, 0.3) is 0 Å². The molecule has 0 radical (unpaired) electrons. The van der Waals surface area contributed by atoms with Crippen molar-refractivity contribution in [2.24, 2.45) is 5.73 Å². The van der Waals surface area contributed by atoms with Gasteiger partial charge in [0.05, 0.1) is 12.6 Å². The summed E-state index contributed by atoms with van der Waals surface area (Å²) in [6.45, 7) is -0.839. The number of amides is 2. The minimum atomic E-state index is -1.55. The maximum absolute atomic E-state index is 12.1. The minimum Gasteiger partial charge on any atom is -0.481 e. The van der Waals surface area contributed by atoms with Crippen LogP contribution in [0.4, 0.5) is 0 Å². The lowest BCUT2D eigenvalue weighted by Crippen LogP contribution is -2.55. The average Bonchev–Trinajstić information content (AvgIpc) is 2.52. The van der Waals surface area contributed by atoms with Crippen LogP contribution in [0.25, 0.3) is 0 Å². The molecule has 0 rings (SSSR count). The quantitative estimate of drug-likeness (QED) is 0.227. The van der Waals surface area contributed by atoms with E-state index >= 15 is 0 Å². The second-order valence-electron chi connectivity index (χ2n) is 4.96. The molecule has 138 valence electrons. The predicted octanol–water partition coefficient (Wildman–Crippen LogP) is -2.02. The van der Waals surface area contributed by atoms with Crippen molar-refractivity contribution in [1.82, 2.24) is 10.6 Å². The molecule has 2 amide bonds. The van der Waals surface area contributed by atoms with E-state index in [4.69, 9.17) is 21.1 Å². The molecule has 0 fully saturated rings. The molecular formula is C13H23N3O7S. The number of carbonyl (C=O) groups excluding carboxylic acids is 2. The van der Waals surface area contributed by atoms with Gasteiger partial charge in [-0.25, -0.2) is 4.79 Å². The summed E-state index contributed by atoms with van der Waals surface area (Å²) in [6, 6.07) is -3.68. The highest BCUT2D eigenvalue weighted by atomic mass is 32.2. The molecule has 7 N–H and O–H groups in total. The number of nitrogens with two attached hydrogens (primary N) is 1. The number of aliphatic hydroxyl groups excluding tert-OH is 1. The first-order chi connectivity index (χ1) is 11.2. The molecule has 24 heavy (non-hydrogen) atoms. The topological polar surface area (TPSA) is 179 Å². The summed E-state index contributed by atoms with van der Waals surface area (Å²) in [7, 11) is 0. The fourth-order valence-corrected chi connectivity index (χ4v) is 2.14. The number of hydrogen-bond acceptors (Lipinski definition) is 7. The van der Waals surface area contributed by atoms with E-state index < -0.39 is 54.9 Å². The highest BCUT2D eigenvalue weighted by molar-refractivity contribution is 7.98. The molecule has 10 nitrogen and oxygen atoms in total. The molecule has 0 aromatic carbocycles. The van der Waals surface area contributed by atoms with Crippen molar-refractivity contribution in [2.75, 3.05) is 18.6 Å². The highest BCUT2D eigenvalue weighted by Crippen LogP contribution is 2.03. The summed E-state index contributed by atoms with van der Waals surface area (Å²) >= 11 is 1.49. The number of hydrogen-bond donors (Lipinski definition) is 6. The van der Waals surface area contributed by atoms with Gasteiger partial charge in [-0.05, 0) is 24.9 Å². The van der Waals surface area contributed by atoms with Gasteiger partial charge in [0.2, 0.25) is 11.8 Å². The van der Waals surface area contributed by atoms with Crippen LogP contribution < -0.4 is 16.4 Å². The van der Waals surface area contributed by atoms with E-state index in [1.807, 2.05) is 11.6 Å². The van der Waals surface area contributed by atoms with Crippen LogP contribution in [-0.4, -0.2) is 75.8 Å². The van der Waals surface area contributed by atoms with E-state index in [9.17, 15) is 19.2 Å². The van der Waals surface area contributed by atoms with Gasteiger partial charge in [0.15, 0.2) is 0 Å². The van der Waals surface area contributed by atoms with E-state index in [1.54, 1.807) is 0 Å². The first-order valence-electron chi connectivity index (χ1n) is 7.13. The van der Waals surface area contributed by atoms with Crippen molar-refractivity contribution >= 4 is 35.5 Å². The first-order valence-corrected chi connectivity index (χ1v) is 8.53. The van der Waals surface area contributed by atoms with E-state index in [0.717, 1.165) is 0 Å². The fourth-order valence-electron chi connectivity index (χ4n) is 1.65. The van der Waals surface area contributed by atoms with E-state index in [1.165, 1.54) is 11.8 Å². The summed E-state index contributed by atoms with van der Waals surface area (Å²) in [4.78, 5) is 45.5. The van der Waals surface area contributed by atoms with E-state index in [0.29, 0.717) is 12.2 Å². The van der Waals surface area contributed by atoms with Crippen molar-refractivity contribution in [1.29, 1.82) is 0 Å². The van der Waals surface area contributed by atoms with Gasteiger partial charge in [-0.3, -0.25) is 14.4 Å². The lowest BCUT2D eigenvalue weighted by atomic mass is 10.1. The lowest BCUT2D eigenvalue weighted by Gasteiger charge is -2.21. The molecule has 0 aliphatic rings. The smallest absolute Gasteiger partial charge is 0.328 e. The Morgan fingerprint density at radius 3 is 2.08 bits per heavy atom. The normalized spacial score (nSPS) is 14.3. The van der Waals surface area contributed by atoms with Crippen LogP contribution in [0.3, 0.4) is 0 Å². The monoisotopic (exact) mass is 365 g/mol. The molecule has 3 atom stereocenters. The summed E-state index contributed by atoms with van der Waals surface area (Å²) in [5, 5.41) is 30.8. The lowest BCUT2D eigenvalue weighted by molar-refractivity contribution is -0.144. The number of aliphatic hydroxyl groups is 1. The number of thioether (sulfide) groups is 1. The van der Waals surface area contributed by atoms with Gasteiger partial charge < -0.3 is 31.7 Å². The Hall–Kier alpha value is -1.85. The Morgan fingerprint density at radius 2 is 1.62 bits per heavy atom. The Bertz CT molecular complexity index is 461. The molecule has 0 saturated heterocycles. The van der Waals surface area contributed by atoms with Crippen LogP contribution >= 0.6 is 11.8 Å². The molecule has 0 aliphatic heterocycles. The third-order valence-electron chi connectivity index (χ3n) is 3.05. The second-order valence-corrected chi connectivity index (χ2v) is 5.95. The van der Waals surface area contributed by atoms with Crippen LogP contribution in [0.15, 0.2) is 0 Å². The maximum atomic E-state index is 12.1. The third-order valence-corrected chi connectivity index (χ3v) is 3.69. The van der Waals surface area contributed by atoms with Crippen LogP contribution in [0, 0.1) is 0 Å². The summed E-state index contributed by atoms with van der Waals surface area (Å²) in [6.07, 6.45) is 1.57. The molecule has 0 heterocycles. The van der Waals surface area contributed by atoms with Crippen molar-refractivity contribution in [3.63, 3.8) is 0 Å². The van der Waals surface area contributed by atoms with Crippen LogP contribution in [0.1, 0.15) is 19.3 Å². The molecule has 11 heteroatoms. The van der Waals surface area contributed by atoms with Crippen molar-refractivity contribution < 1.29 is 34.5 Å². The van der Waals surface area contributed by atoms with Crippen LogP contribution in [0.5, 0.6) is 0 Å². The number of aliphatic carboxylic acids is 2. The van der Waals surface area contributed by atoms with Gasteiger partial charge in [0, 0.05) is 6.42 Å². The standard InChI is InChI=1S/C13H23N3O7S/c1-24-5-4-7(14)11(20)15-8(2-3-10(18)19)12(21)16-9(6-17)13(22)23/h7-9,17H,2-6,14H2,1H3,(H,15,20)(H,16,21)(H,18,19)(H,22,23)/t7-,8-,9-/m0/s1. The van der Waals surface area contributed by atoms with E-state index in [2.05, 4.69) is 5.32 Å². The van der Waals surface area contributed by atoms with Crippen molar-refractivity contribution in [3.8, 4) is 0 Å². The largest absolute Gasteiger partial charge is 0.481 e. The Morgan fingerprint density at radius 1 is 1.04 bits per heavy atom. The maximum Gasteiger partial charge on any atom is 0.328 e. The molecule has 0 aliphatic carbocycles. The van der Waals surface area contributed by atoms with Crippen LogP contribution in [-0.2, 0) is 19.2 Å². The van der Waals surface area contributed by atoms with Gasteiger partial charge >= 0.3 is 11.9 Å². The zero-order valence-electron chi connectivity index (χ0n) is 13.2. The molecule has 0 saturated carbocycles. The molecule has 0 aromatic heterocycles. The molecular weight excluding hydrogens is 342 g/mol. The van der Waals surface area contributed by atoms with Gasteiger partial charge in [0.1, 0.15) is 12.1 Å². The Labute approximate surface area is 143 Å². The molecule has 0 aromatic rings. The first kappa shape index (κ1) is 22.1. The van der Waals surface area contributed by atoms with Crippen molar-refractivity contribution in [3.05, 3.63) is 0 Å². The fraction of sp³-hybridized carbons (Fsp3) is 0.692. The predicted molar refractivity (Wildman–Crippen MR) is 86.4 cm³/mol. The number of rotatable bonds is 12. The summed E-state index contributed by atoms with van der Waals surface area (Å²) in [5.74, 6) is -3.53. The number of nitrogens with one attached hydrogen (secondary N) is 2. The number of carboxylic acids is 2. The SMILES string of the molecule is CSCC[C@H](N)C(=O)N[C@@H](CCC(=O)O)C(=O)N[C@@H](CO)C(=O)O. The zero-order chi connectivity index (χ0) is 18.7. The van der Waals surface area contributed by atoms with E-state index in [-0.39, 0.29) is 6.42 Å². The molecule has 0 bridgehead atoms. The Kier molecular flexibility index (Phi) is 10.8. The summed E-state index contributed by atoms with van der Waals surface area (Å²) in [5.41, 5.74) is 5.68. The van der Waals surface area contributed by atoms with Gasteiger partial charge in [-0.1, -0.05) is 0 Å². The molecule has 0 unspecified atom stereocenters. The molecule has 0 spiro atoms. The minimum absolute atomic E-state index is 0.236. The van der Waals surface area contributed by atoms with Gasteiger partial charge in [-0.2, -0.15) is 11.8 Å². The Balaban J connectivity index is 4.89. The highest BCUT2D eigenvalue weighted by Gasteiger charge is 2.27. The summed E-state index contributed by atoms with van der Waals surface area (Å²) < 4.78 is 0. The third kappa shape index (κ3) is 8.70.